The lowest BCUT2D eigenvalue weighted by Gasteiger charge is -2.32. The third-order valence-electron chi connectivity index (χ3n) is 3.80. The molecule has 0 aromatic carbocycles. The highest BCUT2D eigenvalue weighted by Crippen LogP contribution is 2.37. The lowest BCUT2D eigenvalue weighted by molar-refractivity contribution is -0.132. The normalized spacial score (nSPS) is 26.9. The Labute approximate surface area is 98.8 Å². The maximum Gasteiger partial charge on any atom is 0.138 e. The van der Waals surface area contributed by atoms with Gasteiger partial charge < -0.3 is 0 Å². The van der Waals surface area contributed by atoms with Gasteiger partial charge in [-0.05, 0) is 19.3 Å². The van der Waals surface area contributed by atoms with Crippen molar-refractivity contribution in [3.05, 3.63) is 0 Å². The summed E-state index contributed by atoms with van der Waals surface area (Å²) in [5.41, 5.74) is -0.493. The van der Waals surface area contributed by atoms with E-state index in [1.165, 1.54) is 0 Å². The molecule has 1 rings (SSSR count). The predicted molar refractivity (Wildman–Crippen MR) is 65.3 cm³/mol. The van der Waals surface area contributed by atoms with Gasteiger partial charge in [-0.2, -0.15) is 0 Å². The quantitative estimate of drug-likeness (QED) is 0.735. The Bertz CT molecular complexity index is 286. The zero-order chi connectivity index (χ0) is 12.4. The first-order valence-corrected chi connectivity index (χ1v) is 6.32. The molecule has 1 aliphatic carbocycles. The van der Waals surface area contributed by atoms with Gasteiger partial charge in [0.25, 0.3) is 0 Å². The second-order valence-corrected chi connectivity index (χ2v) is 6.36. The summed E-state index contributed by atoms with van der Waals surface area (Å²) in [4.78, 5) is 23.7. The van der Waals surface area contributed by atoms with Crippen molar-refractivity contribution in [3.63, 3.8) is 0 Å². The lowest BCUT2D eigenvalue weighted by atomic mass is 9.70. The summed E-state index contributed by atoms with van der Waals surface area (Å²) in [7, 11) is 0. The van der Waals surface area contributed by atoms with Gasteiger partial charge in [-0.1, -0.05) is 34.1 Å². The van der Waals surface area contributed by atoms with Crippen molar-refractivity contribution >= 4 is 11.6 Å². The molecule has 0 aromatic rings. The molecule has 1 saturated carbocycles. The molecule has 0 saturated heterocycles. The number of carbonyl (C=O) groups is 2. The van der Waals surface area contributed by atoms with Crippen LogP contribution in [0.3, 0.4) is 0 Å². The topological polar surface area (TPSA) is 34.1 Å². The Morgan fingerprint density at radius 3 is 2.44 bits per heavy atom. The Hall–Kier alpha value is -0.660. The molecule has 2 nitrogen and oxygen atoms in total. The summed E-state index contributed by atoms with van der Waals surface area (Å²) in [6, 6.07) is 0. The van der Waals surface area contributed by atoms with Crippen LogP contribution in [0.2, 0.25) is 0 Å². The second kappa shape index (κ2) is 4.68. The fourth-order valence-corrected chi connectivity index (χ4v) is 2.27. The van der Waals surface area contributed by atoms with Crippen LogP contribution in [0, 0.1) is 10.8 Å². The van der Waals surface area contributed by atoms with Crippen LogP contribution >= 0.6 is 0 Å². The SMILES string of the molecule is CC(C)(C)C(=O)CC[C@]1(C)CCCCC1=O. The third kappa shape index (κ3) is 3.16. The summed E-state index contributed by atoms with van der Waals surface area (Å²) < 4.78 is 0. The molecule has 0 aromatic heterocycles. The van der Waals surface area contributed by atoms with Crippen molar-refractivity contribution in [2.24, 2.45) is 10.8 Å². The summed E-state index contributed by atoms with van der Waals surface area (Å²) in [6.45, 7) is 7.87. The van der Waals surface area contributed by atoms with E-state index in [2.05, 4.69) is 0 Å². The zero-order valence-corrected chi connectivity index (χ0v) is 11.1. The first kappa shape index (κ1) is 13.4. The zero-order valence-electron chi connectivity index (χ0n) is 11.1. The van der Waals surface area contributed by atoms with Gasteiger partial charge in [-0.3, -0.25) is 9.59 Å². The van der Waals surface area contributed by atoms with E-state index in [-0.39, 0.29) is 16.6 Å². The fraction of sp³-hybridized carbons (Fsp3) is 0.857. The van der Waals surface area contributed by atoms with Gasteiger partial charge in [0.2, 0.25) is 0 Å². The van der Waals surface area contributed by atoms with Crippen molar-refractivity contribution in [2.45, 2.75) is 66.2 Å². The first-order chi connectivity index (χ1) is 7.26. The minimum Gasteiger partial charge on any atom is -0.299 e. The molecule has 0 N–H and O–H groups in total. The van der Waals surface area contributed by atoms with Gasteiger partial charge in [-0.25, -0.2) is 0 Å². The van der Waals surface area contributed by atoms with Crippen LogP contribution in [0.1, 0.15) is 66.2 Å². The van der Waals surface area contributed by atoms with E-state index in [9.17, 15) is 9.59 Å². The predicted octanol–water partition coefficient (Wildman–Crippen LogP) is 3.53. The van der Waals surface area contributed by atoms with Crippen molar-refractivity contribution < 1.29 is 9.59 Å². The van der Waals surface area contributed by atoms with Gasteiger partial charge in [0, 0.05) is 23.7 Å². The number of rotatable bonds is 3. The molecule has 0 heterocycles. The van der Waals surface area contributed by atoms with Crippen LogP contribution < -0.4 is 0 Å². The molecule has 0 radical (unpaired) electrons. The molecule has 0 unspecified atom stereocenters. The highest BCUT2D eigenvalue weighted by molar-refractivity contribution is 5.87. The number of hydrogen-bond acceptors (Lipinski definition) is 2. The van der Waals surface area contributed by atoms with Crippen molar-refractivity contribution in [1.29, 1.82) is 0 Å². The fourth-order valence-electron chi connectivity index (χ4n) is 2.27. The molecule has 1 aliphatic rings. The van der Waals surface area contributed by atoms with Crippen LogP contribution in [-0.4, -0.2) is 11.6 Å². The van der Waals surface area contributed by atoms with Crippen LogP contribution in [0.5, 0.6) is 0 Å². The Morgan fingerprint density at radius 2 is 1.94 bits per heavy atom. The van der Waals surface area contributed by atoms with E-state index < -0.39 is 0 Å². The molecule has 16 heavy (non-hydrogen) atoms. The molecule has 0 bridgehead atoms. The Balaban J connectivity index is 2.54. The number of carbonyl (C=O) groups excluding carboxylic acids is 2. The van der Waals surface area contributed by atoms with Crippen LogP contribution in [0.4, 0.5) is 0 Å². The largest absolute Gasteiger partial charge is 0.299 e. The molecule has 0 spiro atoms. The molecule has 0 amide bonds. The maximum atomic E-state index is 11.9. The van der Waals surface area contributed by atoms with Gasteiger partial charge in [0.1, 0.15) is 11.6 Å². The minimum atomic E-state index is -0.270. The average Bonchev–Trinajstić information content (AvgIpc) is 2.18. The molecule has 2 heteroatoms. The van der Waals surface area contributed by atoms with Crippen molar-refractivity contribution in [3.8, 4) is 0 Å². The lowest BCUT2D eigenvalue weighted by Crippen LogP contribution is -2.33. The Morgan fingerprint density at radius 1 is 1.31 bits per heavy atom. The van der Waals surface area contributed by atoms with E-state index >= 15 is 0 Å². The summed E-state index contributed by atoms with van der Waals surface area (Å²) in [6.07, 6.45) is 5.12. The smallest absolute Gasteiger partial charge is 0.138 e. The number of hydrogen-bond donors (Lipinski definition) is 0. The maximum absolute atomic E-state index is 11.9. The van der Waals surface area contributed by atoms with Crippen LogP contribution in [0.15, 0.2) is 0 Å². The van der Waals surface area contributed by atoms with E-state index in [4.69, 9.17) is 0 Å². The highest BCUT2D eigenvalue weighted by atomic mass is 16.1. The molecule has 1 fully saturated rings. The average molecular weight is 224 g/mol. The van der Waals surface area contributed by atoms with Gasteiger partial charge >= 0.3 is 0 Å². The van der Waals surface area contributed by atoms with Gasteiger partial charge in [-0.15, -0.1) is 0 Å². The summed E-state index contributed by atoms with van der Waals surface area (Å²) in [5.74, 6) is 0.632. The summed E-state index contributed by atoms with van der Waals surface area (Å²) in [5, 5.41) is 0. The molecule has 92 valence electrons. The van der Waals surface area contributed by atoms with E-state index in [0.29, 0.717) is 18.6 Å². The van der Waals surface area contributed by atoms with Gasteiger partial charge in [0.15, 0.2) is 0 Å². The summed E-state index contributed by atoms with van der Waals surface area (Å²) >= 11 is 0. The molecular formula is C14H24O2. The van der Waals surface area contributed by atoms with Crippen molar-refractivity contribution in [1.82, 2.24) is 0 Å². The van der Waals surface area contributed by atoms with E-state index in [1.54, 1.807) is 0 Å². The van der Waals surface area contributed by atoms with E-state index in [0.717, 1.165) is 25.7 Å². The monoisotopic (exact) mass is 224 g/mol. The highest BCUT2D eigenvalue weighted by Gasteiger charge is 2.36. The molecule has 0 aliphatic heterocycles. The van der Waals surface area contributed by atoms with Crippen LogP contribution in [-0.2, 0) is 9.59 Å². The van der Waals surface area contributed by atoms with Crippen LogP contribution in [0.25, 0.3) is 0 Å². The third-order valence-corrected chi connectivity index (χ3v) is 3.80. The minimum absolute atomic E-state index is 0.223. The first-order valence-electron chi connectivity index (χ1n) is 6.32. The van der Waals surface area contributed by atoms with Crippen molar-refractivity contribution in [2.75, 3.05) is 0 Å². The number of ketones is 2. The molecule has 1 atom stereocenters. The second-order valence-electron chi connectivity index (χ2n) is 6.36. The van der Waals surface area contributed by atoms with Gasteiger partial charge in [0.05, 0.1) is 0 Å². The number of Topliss-reactive ketones (excluding diaryl/α,β-unsaturated/α-hetero) is 2. The molecular weight excluding hydrogens is 200 g/mol. The standard InChI is InChI=1S/C14H24O2/c1-13(2,3)11(15)8-10-14(4)9-6-5-7-12(14)16/h5-10H2,1-4H3/t14-/m0/s1. The Kier molecular flexibility index (Phi) is 3.92. The van der Waals surface area contributed by atoms with E-state index in [1.807, 2.05) is 27.7 Å².